The van der Waals surface area contributed by atoms with E-state index in [0.717, 1.165) is 17.7 Å². The molecule has 0 saturated carbocycles. The van der Waals surface area contributed by atoms with Crippen molar-refractivity contribution < 1.29 is 0 Å². The second-order valence-electron chi connectivity index (χ2n) is 3.74. The van der Waals surface area contributed by atoms with Gasteiger partial charge in [-0.15, -0.1) is 0 Å². The molecule has 0 aliphatic heterocycles. The Kier molecular flexibility index (Phi) is 2.46. The number of nitrogens with one attached hydrogen (secondary N) is 1. The predicted molar refractivity (Wildman–Crippen MR) is 60.0 cm³/mol. The van der Waals surface area contributed by atoms with Gasteiger partial charge in [0, 0.05) is 24.7 Å². The third-order valence-corrected chi connectivity index (χ3v) is 2.60. The number of aromatic amines is 1. The molecule has 3 heteroatoms. The largest absolute Gasteiger partial charge is 0.299 e. The summed E-state index contributed by atoms with van der Waals surface area (Å²) in [7, 11) is 1.74. The van der Waals surface area contributed by atoms with E-state index in [2.05, 4.69) is 17.2 Å². The standard InChI is InChI=1S/C12H14N2O/c1-9-11(13-14(2)12(9)15)8-10-6-4-3-5-7-10/h3-7,13H,8H2,1-2H3. The molecule has 1 aromatic heterocycles. The Morgan fingerprint density at radius 1 is 1.27 bits per heavy atom. The molecule has 0 saturated heterocycles. The van der Waals surface area contributed by atoms with Crippen LogP contribution in [0.1, 0.15) is 16.8 Å². The van der Waals surface area contributed by atoms with E-state index in [4.69, 9.17) is 0 Å². The first kappa shape index (κ1) is 9.77. The Morgan fingerprint density at radius 2 is 1.93 bits per heavy atom. The van der Waals surface area contributed by atoms with Crippen LogP contribution in [0, 0.1) is 6.92 Å². The molecule has 0 aliphatic carbocycles. The number of aryl methyl sites for hydroxylation is 1. The molecule has 0 amide bonds. The van der Waals surface area contributed by atoms with E-state index in [-0.39, 0.29) is 5.56 Å². The quantitative estimate of drug-likeness (QED) is 0.789. The van der Waals surface area contributed by atoms with Crippen molar-refractivity contribution in [1.82, 2.24) is 9.78 Å². The first-order valence-electron chi connectivity index (χ1n) is 4.97. The van der Waals surface area contributed by atoms with Gasteiger partial charge in [-0.3, -0.25) is 14.6 Å². The average molecular weight is 202 g/mol. The second kappa shape index (κ2) is 3.77. The fourth-order valence-electron chi connectivity index (χ4n) is 1.69. The molecule has 3 nitrogen and oxygen atoms in total. The maximum absolute atomic E-state index is 11.5. The summed E-state index contributed by atoms with van der Waals surface area (Å²) in [5.41, 5.74) is 3.07. The maximum Gasteiger partial charge on any atom is 0.269 e. The summed E-state index contributed by atoms with van der Waals surface area (Å²) in [6, 6.07) is 10.1. The van der Waals surface area contributed by atoms with E-state index in [0.29, 0.717) is 0 Å². The van der Waals surface area contributed by atoms with Gasteiger partial charge in [0.2, 0.25) is 0 Å². The van der Waals surface area contributed by atoms with Gasteiger partial charge in [0.15, 0.2) is 0 Å². The molecule has 0 unspecified atom stereocenters. The summed E-state index contributed by atoms with van der Waals surface area (Å²) in [4.78, 5) is 11.5. The molecule has 0 aliphatic rings. The number of benzene rings is 1. The lowest BCUT2D eigenvalue weighted by molar-refractivity contribution is 0.725. The van der Waals surface area contributed by atoms with Crippen LogP contribution in [0.4, 0.5) is 0 Å². The zero-order valence-electron chi connectivity index (χ0n) is 8.95. The van der Waals surface area contributed by atoms with Crippen molar-refractivity contribution in [2.24, 2.45) is 7.05 Å². The monoisotopic (exact) mass is 202 g/mol. The van der Waals surface area contributed by atoms with Crippen LogP contribution in [0.2, 0.25) is 0 Å². The molecular weight excluding hydrogens is 188 g/mol. The molecular formula is C12H14N2O. The summed E-state index contributed by atoms with van der Waals surface area (Å²) in [6.45, 7) is 1.86. The SMILES string of the molecule is Cc1c(Cc2ccccc2)[nH]n(C)c1=O. The van der Waals surface area contributed by atoms with Gasteiger partial charge >= 0.3 is 0 Å². The topological polar surface area (TPSA) is 37.8 Å². The van der Waals surface area contributed by atoms with Crippen molar-refractivity contribution in [3.63, 3.8) is 0 Å². The lowest BCUT2D eigenvalue weighted by Gasteiger charge is -1.99. The van der Waals surface area contributed by atoms with E-state index >= 15 is 0 Å². The molecule has 0 bridgehead atoms. The Hall–Kier alpha value is -1.77. The number of aromatic nitrogens is 2. The minimum Gasteiger partial charge on any atom is -0.299 e. The summed E-state index contributed by atoms with van der Waals surface area (Å²) in [6.07, 6.45) is 0.781. The molecule has 0 fully saturated rings. The van der Waals surface area contributed by atoms with E-state index in [9.17, 15) is 4.79 Å². The third kappa shape index (κ3) is 1.86. The Labute approximate surface area is 88.4 Å². The Balaban J connectivity index is 2.33. The van der Waals surface area contributed by atoms with Crippen molar-refractivity contribution in [3.8, 4) is 0 Å². The fourth-order valence-corrected chi connectivity index (χ4v) is 1.69. The first-order valence-corrected chi connectivity index (χ1v) is 4.97. The molecule has 0 spiro atoms. The van der Waals surface area contributed by atoms with Gasteiger partial charge in [-0.25, -0.2) is 0 Å². The number of nitrogens with zero attached hydrogens (tertiary/aromatic N) is 1. The van der Waals surface area contributed by atoms with Gasteiger partial charge in [0.25, 0.3) is 5.56 Å². The van der Waals surface area contributed by atoms with Gasteiger partial charge in [-0.2, -0.15) is 0 Å². The van der Waals surface area contributed by atoms with Crippen LogP contribution < -0.4 is 5.56 Å². The smallest absolute Gasteiger partial charge is 0.269 e. The van der Waals surface area contributed by atoms with Gasteiger partial charge in [0.05, 0.1) is 0 Å². The Morgan fingerprint density at radius 3 is 2.47 bits per heavy atom. The maximum atomic E-state index is 11.5. The highest BCUT2D eigenvalue weighted by molar-refractivity contribution is 5.25. The van der Waals surface area contributed by atoms with Gasteiger partial charge in [-0.1, -0.05) is 30.3 Å². The summed E-state index contributed by atoms with van der Waals surface area (Å²) in [5.74, 6) is 0. The minimum absolute atomic E-state index is 0.0564. The van der Waals surface area contributed by atoms with E-state index in [1.807, 2.05) is 25.1 Å². The summed E-state index contributed by atoms with van der Waals surface area (Å²) >= 11 is 0. The number of hydrogen-bond acceptors (Lipinski definition) is 1. The van der Waals surface area contributed by atoms with E-state index in [1.54, 1.807) is 7.05 Å². The Bertz CT molecular complexity index is 508. The van der Waals surface area contributed by atoms with Gasteiger partial charge in [0.1, 0.15) is 0 Å². The predicted octanol–water partition coefficient (Wildman–Crippen LogP) is 1.61. The molecule has 0 radical (unpaired) electrons. The molecule has 1 aromatic carbocycles. The van der Waals surface area contributed by atoms with Crippen LogP contribution in [-0.4, -0.2) is 9.78 Å². The molecule has 1 N–H and O–H groups in total. The van der Waals surface area contributed by atoms with Gasteiger partial charge in [-0.05, 0) is 12.5 Å². The van der Waals surface area contributed by atoms with E-state index in [1.165, 1.54) is 10.2 Å². The minimum atomic E-state index is 0.0564. The van der Waals surface area contributed by atoms with Crippen molar-refractivity contribution in [2.75, 3.05) is 0 Å². The molecule has 15 heavy (non-hydrogen) atoms. The molecule has 1 heterocycles. The van der Waals surface area contributed by atoms with Crippen molar-refractivity contribution in [3.05, 3.63) is 57.5 Å². The van der Waals surface area contributed by atoms with Crippen LogP contribution in [0.5, 0.6) is 0 Å². The van der Waals surface area contributed by atoms with Crippen LogP contribution in [-0.2, 0) is 13.5 Å². The highest BCUT2D eigenvalue weighted by Crippen LogP contribution is 2.08. The van der Waals surface area contributed by atoms with E-state index < -0.39 is 0 Å². The lowest BCUT2D eigenvalue weighted by atomic mass is 10.1. The number of rotatable bonds is 2. The fraction of sp³-hybridized carbons (Fsp3) is 0.250. The van der Waals surface area contributed by atoms with Crippen LogP contribution in [0.25, 0.3) is 0 Å². The van der Waals surface area contributed by atoms with Crippen molar-refractivity contribution >= 4 is 0 Å². The summed E-state index contributed by atoms with van der Waals surface area (Å²) in [5, 5.41) is 3.07. The highest BCUT2D eigenvalue weighted by Gasteiger charge is 2.07. The number of hydrogen-bond donors (Lipinski definition) is 1. The second-order valence-corrected chi connectivity index (χ2v) is 3.74. The zero-order chi connectivity index (χ0) is 10.8. The van der Waals surface area contributed by atoms with Crippen molar-refractivity contribution in [1.29, 1.82) is 0 Å². The molecule has 78 valence electrons. The molecule has 0 atom stereocenters. The van der Waals surface area contributed by atoms with Crippen LogP contribution in [0.15, 0.2) is 35.1 Å². The summed E-state index contributed by atoms with van der Waals surface area (Å²) < 4.78 is 1.52. The normalized spacial score (nSPS) is 10.5. The van der Waals surface area contributed by atoms with Crippen LogP contribution in [0.3, 0.4) is 0 Å². The number of H-pyrrole nitrogens is 1. The first-order chi connectivity index (χ1) is 7.18. The molecule has 2 aromatic rings. The lowest BCUT2D eigenvalue weighted by Crippen LogP contribution is -2.12. The molecule has 2 rings (SSSR count). The van der Waals surface area contributed by atoms with Crippen LogP contribution >= 0.6 is 0 Å². The van der Waals surface area contributed by atoms with Crippen molar-refractivity contribution in [2.45, 2.75) is 13.3 Å². The van der Waals surface area contributed by atoms with Gasteiger partial charge < -0.3 is 0 Å². The highest BCUT2D eigenvalue weighted by atomic mass is 16.1. The average Bonchev–Trinajstić information content (AvgIpc) is 2.48. The third-order valence-electron chi connectivity index (χ3n) is 2.60. The zero-order valence-corrected chi connectivity index (χ0v) is 8.95.